The Kier molecular flexibility index (Phi) is 3.70. The van der Waals surface area contributed by atoms with Gasteiger partial charge in [-0.1, -0.05) is 23.7 Å². The molecular formula is C10H12ClN5O. The van der Waals surface area contributed by atoms with Gasteiger partial charge in [-0.25, -0.2) is 15.4 Å². The highest BCUT2D eigenvalue weighted by Crippen LogP contribution is 2.21. The summed E-state index contributed by atoms with van der Waals surface area (Å²) in [5.74, 6) is 5.61. The molecule has 0 spiro atoms. The Morgan fingerprint density at radius 1 is 1.29 bits per heavy atom. The van der Waals surface area contributed by atoms with E-state index in [-0.39, 0.29) is 11.8 Å². The molecule has 1 aromatic carbocycles. The Morgan fingerprint density at radius 3 is 2.53 bits per heavy atom. The van der Waals surface area contributed by atoms with Crippen molar-refractivity contribution in [3.8, 4) is 0 Å². The molecule has 1 unspecified atom stereocenters. The Labute approximate surface area is 103 Å². The lowest BCUT2D eigenvalue weighted by Crippen LogP contribution is -2.44. The molecule has 0 aliphatic heterocycles. The first-order valence-corrected chi connectivity index (χ1v) is 5.38. The quantitative estimate of drug-likeness (QED) is 0.360. The molecule has 0 aliphatic rings. The molecule has 2 aromatic rings. The van der Waals surface area contributed by atoms with E-state index >= 15 is 0 Å². The van der Waals surface area contributed by atoms with E-state index in [0.29, 0.717) is 16.9 Å². The number of benzene rings is 1. The number of hydrogen-bond donors (Lipinski definition) is 4. The number of halogens is 1. The van der Waals surface area contributed by atoms with Crippen LogP contribution in [-0.2, 0) is 0 Å². The van der Waals surface area contributed by atoms with Crippen LogP contribution in [0.4, 0.5) is 5.82 Å². The highest BCUT2D eigenvalue weighted by Gasteiger charge is 2.10. The van der Waals surface area contributed by atoms with E-state index in [1.54, 1.807) is 0 Å². The minimum absolute atomic E-state index is 0.193. The predicted molar refractivity (Wildman–Crippen MR) is 66.4 cm³/mol. The van der Waals surface area contributed by atoms with Gasteiger partial charge in [0.15, 0.2) is 11.0 Å². The van der Waals surface area contributed by atoms with Crippen molar-refractivity contribution in [3.63, 3.8) is 0 Å². The number of para-hydroxylation sites is 2. The molecule has 2 rings (SSSR count). The van der Waals surface area contributed by atoms with Crippen molar-refractivity contribution in [2.24, 2.45) is 5.84 Å². The molecule has 0 bridgehead atoms. The van der Waals surface area contributed by atoms with Crippen molar-refractivity contribution in [2.75, 3.05) is 11.9 Å². The van der Waals surface area contributed by atoms with Gasteiger partial charge in [0.2, 0.25) is 0 Å². The second kappa shape index (κ2) is 5.24. The minimum Gasteiger partial charge on any atom is -0.393 e. The van der Waals surface area contributed by atoms with E-state index in [2.05, 4.69) is 20.7 Å². The fourth-order valence-electron chi connectivity index (χ4n) is 1.38. The van der Waals surface area contributed by atoms with Crippen LogP contribution in [0.15, 0.2) is 24.3 Å². The highest BCUT2D eigenvalue weighted by molar-refractivity contribution is 6.32. The standard InChI is InChI=1S/C10H12ClN5O/c11-9-10(15-8(5-17)16-12)14-7-4-2-1-3-6(7)13-9/h1-4,8,16-17H,5,12H2,(H,14,15). The van der Waals surface area contributed by atoms with Crippen LogP contribution in [0.1, 0.15) is 0 Å². The van der Waals surface area contributed by atoms with Crippen LogP contribution in [0.3, 0.4) is 0 Å². The third-order valence-corrected chi connectivity index (χ3v) is 2.49. The van der Waals surface area contributed by atoms with Crippen LogP contribution < -0.4 is 16.6 Å². The zero-order valence-corrected chi connectivity index (χ0v) is 9.65. The summed E-state index contributed by atoms with van der Waals surface area (Å²) in [6.07, 6.45) is -0.525. The van der Waals surface area contributed by atoms with Gasteiger partial charge >= 0.3 is 0 Å². The van der Waals surface area contributed by atoms with Crippen LogP contribution in [0.25, 0.3) is 11.0 Å². The fraction of sp³-hybridized carbons (Fsp3) is 0.200. The van der Waals surface area contributed by atoms with Gasteiger partial charge < -0.3 is 10.4 Å². The van der Waals surface area contributed by atoms with Gasteiger partial charge in [-0.3, -0.25) is 5.84 Å². The van der Waals surface area contributed by atoms with Crippen molar-refractivity contribution in [1.82, 2.24) is 15.4 Å². The summed E-state index contributed by atoms with van der Waals surface area (Å²) >= 11 is 5.97. The highest BCUT2D eigenvalue weighted by atomic mass is 35.5. The molecular weight excluding hydrogens is 242 g/mol. The second-order valence-electron chi connectivity index (χ2n) is 3.40. The lowest BCUT2D eigenvalue weighted by molar-refractivity contribution is 0.256. The summed E-state index contributed by atoms with van der Waals surface area (Å²) in [4.78, 5) is 8.49. The number of anilines is 1. The van der Waals surface area contributed by atoms with Crippen LogP contribution in [0, 0.1) is 0 Å². The number of nitrogens with one attached hydrogen (secondary N) is 2. The molecule has 1 aromatic heterocycles. The molecule has 0 amide bonds. The van der Waals surface area contributed by atoms with Crippen molar-refractivity contribution >= 4 is 28.5 Å². The minimum atomic E-state index is -0.525. The monoisotopic (exact) mass is 253 g/mol. The van der Waals surface area contributed by atoms with Crippen molar-refractivity contribution < 1.29 is 5.11 Å². The van der Waals surface area contributed by atoms with Gasteiger partial charge in [-0.05, 0) is 12.1 Å². The van der Waals surface area contributed by atoms with E-state index in [9.17, 15) is 0 Å². The fourth-order valence-corrected chi connectivity index (χ4v) is 1.56. The largest absolute Gasteiger partial charge is 0.393 e. The zero-order chi connectivity index (χ0) is 12.3. The molecule has 6 nitrogen and oxygen atoms in total. The SMILES string of the molecule is NNC(CO)Nc1nc2ccccc2nc1Cl. The summed E-state index contributed by atoms with van der Waals surface area (Å²) in [6.45, 7) is -0.193. The third kappa shape index (κ3) is 2.62. The van der Waals surface area contributed by atoms with Gasteiger partial charge in [0.1, 0.15) is 6.17 Å². The number of fused-ring (bicyclic) bond motifs is 1. The Bertz CT molecular complexity index is 517. The van der Waals surface area contributed by atoms with Crippen molar-refractivity contribution in [1.29, 1.82) is 0 Å². The van der Waals surface area contributed by atoms with Crippen LogP contribution in [0.2, 0.25) is 5.15 Å². The summed E-state index contributed by atoms with van der Waals surface area (Å²) in [5.41, 5.74) is 3.82. The molecule has 5 N–H and O–H groups in total. The molecule has 0 radical (unpaired) electrons. The Morgan fingerprint density at radius 2 is 1.94 bits per heavy atom. The van der Waals surface area contributed by atoms with E-state index in [1.165, 1.54) is 0 Å². The van der Waals surface area contributed by atoms with Gasteiger partial charge in [-0.15, -0.1) is 0 Å². The molecule has 0 fully saturated rings. The van der Waals surface area contributed by atoms with Gasteiger partial charge in [0, 0.05) is 0 Å². The molecule has 7 heteroatoms. The number of aliphatic hydroxyl groups is 1. The summed E-state index contributed by atoms with van der Waals surface area (Å²) in [6, 6.07) is 7.37. The number of nitrogens with zero attached hydrogens (tertiary/aromatic N) is 2. The number of aromatic nitrogens is 2. The Balaban J connectivity index is 2.37. The van der Waals surface area contributed by atoms with Crippen molar-refractivity contribution in [2.45, 2.75) is 6.17 Å². The Hall–Kier alpha value is -1.47. The molecule has 0 saturated heterocycles. The maximum atomic E-state index is 9.00. The number of rotatable bonds is 4. The smallest absolute Gasteiger partial charge is 0.172 e. The molecule has 1 atom stereocenters. The number of hydrazine groups is 1. The summed E-state index contributed by atoms with van der Waals surface area (Å²) in [7, 11) is 0. The van der Waals surface area contributed by atoms with E-state index in [4.69, 9.17) is 22.6 Å². The second-order valence-corrected chi connectivity index (χ2v) is 3.76. The maximum Gasteiger partial charge on any atom is 0.172 e. The first-order valence-electron chi connectivity index (χ1n) is 5.00. The van der Waals surface area contributed by atoms with Crippen LogP contribution >= 0.6 is 11.6 Å². The average Bonchev–Trinajstić information content (AvgIpc) is 2.36. The summed E-state index contributed by atoms with van der Waals surface area (Å²) in [5, 5.41) is 12.1. The maximum absolute atomic E-state index is 9.00. The van der Waals surface area contributed by atoms with Gasteiger partial charge in [0.25, 0.3) is 0 Å². The number of aliphatic hydroxyl groups excluding tert-OH is 1. The lowest BCUT2D eigenvalue weighted by atomic mass is 10.3. The predicted octanol–water partition coefficient (Wildman–Crippen LogP) is 0.477. The molecule has 90 valence electrons. The van der Waals surface area contributed by atoms with Crippen LogP contribution in [0.5, 0.6) is 0 Å². The van der Waals surface area contributed by atoms with Crippen molar-refractivity contribution in [3.05, 3.63) is 29.4 Å². The van der Waals surface area contributed by atoms with E-state index < -0.39 is 6.17 Å². The normalized spacial score (nSPS) is 12.6. The zero-order valence-electron chi connectivity index (χ0n) is 8.89. The average molecular weight is 254 g/mol. The van der Waals surface area contributed by atoms with Crippen LogP contribution in [-0.4, -0.2) is 27.8 Å². The summed E-state index contributed by atoms with van der Waals surface area (Å²) < 4.78 is 0. The number of nitrogens with two attached hydrogens (primary N) is 1. The molecule has 17 heavy (non-hydrogen) atoms. The number of hydrogen-bond acceptors (Lipinski definition) is 6. The first-order chi connectivity index (χ1) is 8.24. The third-order valence-electron chi connectivity index (χ3n) is 2.22. The molecule has 0 aliphatic carbocycles. The van der Waals surface area contributed by atoms with Gasteiger partial charge in [-0.2, -0.15) is 0 Å². The molecule has 1 heterocycles. The molecule has 0 saturated carbocycles. The first kappa shape index (κ1) is 12.0. The van der Waals surface area contributed by atoms with E-state index in [1.807, 2.05) is 24.3 Å². The topological polar surface area (TPSA) is 96.1 Å². The van der Waals surface area contributed by atoms with E-state index in [0.717, 1.165) is 0 Å². The van der Waals surface area contributed by atoms with Gasteiger partial charge in [0.05, 0.1) is 17.6 Å². The lowest BCUT2D eigenvalue weighted by Gasteiger charge is -2.16.